The van der Waals surface area contributed by atoms with Gasteiger partial charge in [-0.1, -0.05) is 38.0 Å². The lowest BCUT2D eigenvalue weighted by Gasteiger charge is -2.32. The van der Waals surface area contributed by atoms with E-state index in [4.69, 9.17) is 0 Å². The van der Waals surface area contributed by atoms with Gasteiger partial charge in [-0.15, -0.1) is 0 Å². The summed E-state index contributed by atoms with van der Waals surface area (Å²) in [5, 5.41) is 3.24. The zero-order valence-electron chi connectivity index (χ0n) is 12.4. The van der Waals surface area contributed by atoms with Crippen molar-refractivity contribution in [2.45, 2.75) is 51.1 Å². The van der Waals surface area contributed by atoms with Crippen LogP contribution in [0, 0.1) is 5.92 Å². The van der Waals surface area contributed by atoms with Crippen LogP contribution in [0.4, 0.5) is 5.69 Å². The second kappa shape index (κ2) is 5.57. The van der Waals surface area contributed by atoms with Crippen molar-refractivity contribution in [1.82, 2.24) is 5.32 Å². The number of likely N-dealkylation sites (N-methyl/N-ethyl adjacent to an activating group) is 1. The molecule has 108 valence electrons. The summed E-state index contributed by atoms with van der Waals surface area (Å²) in [5.41, 5.74) is 2.46. The highest BCUT2D eigenvalue weighted by Crippen LogP contribution is 2.35. The van der Waals surface area contributed by atoms with Gasteiger partial charge in [0.05, 0.1) is 6.04 Å². The third-order valence-corrected chi connectivity index (χ3v) is 4.87. The molecule has 3 rings (SSSR count). The highest BCUT2D eigenvalue weighted by atomic mass is 16.2. The van der Waals surface area contributed by atoms with Gasteiger partial charge >= 0.3 is 0 Å². The Morgan fingerprint density at radius 1 is 1.20 bits per heavy atom. The number of nitrogens with one attached hydrogen (secondary N) is 1. The Kier molecular flexibility index (Phi) is 3.79. The number of hydrogen-bond acceptors (Lipinski definition) is 2. The maximum absolute atomic E-state index is 13.0. The third-order valence-electron chi connectivity index (χ3n) is 4.87. The summed E-state index contributed by atoms with van der Waals surface area (Å²) in [6.45, 7) is 2.17. The topological polar surface area (TPSA) is 32.3 Å². The van der Waals surface area contributed by atoms with Crippen molar-refractivity contribution in [3.05, 3.63) is 29.8 Å². The van der Waals surface area contributed by atoms with E-state index in [1.807, 2.05) is 7.05 Å². The number of anilines is 1. The minimum atomic E-state index is -0.0667. The molecular formula is C17H24N2O. The molecule has 0 spiro atoms. The van der Waals surface area contributed by atoms with E-state index >= 15 is 0 Å². The van der Waals surface area contributed by atoms with Gasteiger partial charge in [0, 0.05) is 11.7 Å². The minimum absolute atomic E-state index is 0.0667. The predicted molar refractivity (Wildman–Crippen MR) is 81.9 cm³/mol. The van der Waals surface area contributed by atoms with Crippen molar-refractivity contribution in [2.75, 3.05) is 11.9 Å². The van der Waals surface area contributed by atoms with Gasteiger partial charge in [-0.3, -0.25) is 4.79 Å². The van der Waals surface area contributed by atoms with Crippen LogP contribution < -0.4 is 10.2 Å². The summed E-state index contributed by atoms with van der Waals surface area (Å²) in [6.07, 6.45) is 5.75. The lowest BCUT2D eigenvalue weighted by atomic mass is 9.95. The van der Waals surface area contributed by atoms with Crippen LogP contribution in [0.2, 0.25) is 0 Å². The molecule has 1 aromatic carbocycles. The van der Waals surface area contributed by atoms with Crippen molar-refractivity contribution in [3.8, 4) is 0 Å². The second-order valence-corrected chi connectivity index (χ2v) is 6.22. The van der Waals surface area contributed by atoms with Gasteiger partial charge in [-0.2, -0.15) is 0 Å². The van der Waals surface area contributed by atoms with Crippen LogP contribution in [0.3, 0.4) is 0 Å². The lowest BCUT2D eigenvalue weighted by Crippen LogP contribution is -2.50. The molecule has 1 fully saturated rings. The highest BCUT2D eigenvalue weighted by molar-refractivity contribution is 5.99. The molecule has 0 aromatic heterocycles. The molecule has 1 aromatic rings. The molecule has 2 atom stereocenters. The van der Waals surface area contributed by atoms with E-state index in [1.54, 1.807) is 0 Å². The lowest BCUT2D eigenvalue weighted by molar-refractivity contribution is -0.121. The maximum Gasteiger partial charge on any atom is 0.244 e. The Bertz CT molecular complexity index is 494. The summed E-state index contributed by atoms with van der Waals surface area (Å²) in [5.74, 6) is 0.594. The molecule has 1 amide bonds. The first-order chi connectivity index (χ1) is 9.72. The van der Waals surface area contributed by atoms with E-state index < -0.39 is 0 Å². The molecule has 2 aliphatic rings. The van der Waals surface area contributed by atoms with Gasteiger partial charge in [0.2, 0.25) is 5.91 Å². The monoisotopic (exact) mass is 272 g/mol. The van der Waals surface area contributed by atoms with E-state index in [0.29, 0.717) is 12.0 Å². The summed E-state index contributed by atoms with van der Waals surface area (Å²) in [6, 6.07) is 8.77. The van der Waals surface area contributed by atoms with Crippen molar-refractivity contribution in [1.29, 1.82) is 0 Å². The number of fused-ring (bicyclic) bond motifs is 1. The van der Waals surface area contributed by atoms with Gasteiger partial charge in [-0.25, -0.2) is 0 Å². The van der Waals surface area contributed by atoms with Crippen LogP contribution in [0.15, 0.2) is 24.3 Å². The summed E-state index contributed by atoms with van der Waals surface area (Å²) in [7, 11) is 1.90. The van der Waals surface area contributed by atoms with E-state index in [-0.39, 0.29) is 11.9 Å². The van der Waals surface area contributed by atoms with Gasteiger partial charge < -0.3 is 10.2 Å². The van der Waals surface area contributed by atoms with Crippen molar-refractivity contribution in [3.63, 3.8) is 0 Å². The Labute approximate surface area is 121 Å². The molecule has 2 unspecified atom stereocenters. The average molecular weight is 272 g/mol. The number of carbonyl (C=O) groups is 1. The Morgan fingerprint density at radius 3 is 2.60 bits per heavy atom. The molecule has 1 N–H and O–H groups in total. The molecule has 1 aliphatic heterocycles. The van der Waals surface area contributed by atoms with Crippen LogP contribution in [0.25, 0.3) is 0 Å². The Balaban J connectivity index is 2.05. The quantitative estimate of drug-likeness (QED) is 0.898. The largest absolute Gasteiger partial charge is 0.309 e. The molecule has 3 nitrogen and oxygen atoms in total. The Hall–Kier alpha value is -1.35. The van der Waals surface area contributed by atoms with Crippen LogP contribution in [-0.4, -0.2) is 25.0 Å². The van der Waals surface area contributed by atoms with Crippen LogP contribution >= 0.6 is 0 Å². The van der Waals surface area contributed by atoms with Crippen LogP contribution in [-0.2, 0) is 11.2 Å². The van der Waals surface area contributed by atoms with E-state index in [2.05, 4.69) is 41.4 Å². The standard InChI is InChI=1S/C17H24N2O/c1-12-11-13-7-3-6-10-15(13)19(14-8-4-5-9-14)17(20)16(12)18-2/h3,6-7,10,12,14,16,18H,4-5,8-9,11H2,1-2H3. The fourth-order valence-electron chi connectivity index (χ4n) is 3.84. The third kappa shape index (κ3) is 2.24. The second-order valence-electron chi connectivity index (χ2n) is 6.22. The number of nitrogens with zero attached hydrogens (tertiary/aromatic N) is 1. The number of carbonyl (C=O) groups excluding carboxylic acids is 1. The van der Waals surface area contributed by atoms with Crippen molar-refractivity contribution >= 4 is 11.6 Å². The average Bonchev–Trinajstić information content (AvgIpc) is 2.92. The maximum atomic E-state index is 13.0. The summed E-state index contributed by atoms with van der Waals surface area (Å²) in [4.78, 5) is 15.1. The number of benzene rings is 1. The molecule has 1 saturated carbocycles. The molecule has 20 heavy (non-hydrogen) atoms. The van der Waals surface area contributed by atoms with E-state index in [1.165, 1.54) is 18.4 Å². The van der Waals surface area contributed by atoms with Crippen molar-refractivity contribution < 1.29 is 4.79 Å². The van der Waals surface area contributed by atoms with E-state index in [0.717, 1.165) is 24.9 Å². The highest BCUT2D eigenvalue weighted by Gasteiger charge is 2.37. The van der Waals surface area contributed by atoms with Crippen LogP contribution in [0.1, 0.15) is 38.2 Å². The molecule has 3 heteroatoms. The van der Waals surface area contributed by atoms with Gasteiger partial charge in [0.25, 0.3) is 0 Å². The zero-order valence-corrected chi connectivity index (χ0v) is 12.4. The molecular weight excluding hydrogens is 248 g/mol. The number of hydrogen-bond donors (Lipinski definition) is 1. The zero-order chi connectivity index (χ0) is 14.1. The van der Waals surface area contributed by atoms with Crippen LogP contribution in [0.5, 0.6) is 0 Å². The fraction of sp³-hybridized carbons (Fsp3) is 0.588. The first-order valence-corrected chi connectivity index (χ1v) is 7.80. The molecule has 0 saturated heterocycles. The molecule has 1 heterocycles. The normalized spacial score (nSPS) is 27.5. The van der Waals surface area contributed by atoms with Gasteiger partial charge in [0.1, 0.15) is 0 Å². The molecule has 1 aliphatic carbocycles. The number of amides is 1. The molecule has 0 radical (unpaired) electrons. The fourth-order valence-corrected chi connectivity index (χ4v) is 3.84. The number of para-hydroxylation sites is 1. The summed E-state index contributed by atoms with van der Waals surface area (Å²) >= 11 is 0. The number of rotatable bonds is 2. The smallest absolute Gasteiger partial charge is 0.244 e. The van der Waals surface area contributed by atoms with Gasteiger partial charge in [0.15, 0.2) is 0 Å². The SMILES string of the molecule is CNC1C(=O)N(C2CCCC2)c2ccccc2CC1C. The van der Waals surface area contributed by atoms with Gasteiger partial charge in [-0.05, 0) is 43.9 Å². The van der Waals surface area contributed by atoms with Crippen molar-refractivity contribution in [2.24, 2.45) is 5.92 Å². The Morgan fingerprint density at radius 2 is 1.90 bits per heavy atom. The first-order valence-electron chi connectivity index (χ1n) is 7.80. The molecule has 0 bridgehead atoms. The first kappa shape index (κ1) is 13.6. The summed E-state index contributed by atoms with van der Waals surface area (Å²) < 4.78 is 0. The predicted octanol–water partition coefficient (Wildman–Crippen LogP) is 2.74. The minimum Gasteiger partial charge on any atom is -0.309 e. The van der Waals surface area contributed by atoms with E-state index in [9.17, 15) is 4.79 Å².